The number of rotatable bonds is 4. The lowest BCUT2D eigenvalue weighted by Gasteiger charge is -2.07. The Hall–Kier alpha value is -3.01. The Morgan fingerprint density at radius 3 is 2.46 bits per heavy atom. The summed E-state index contributed by atoms with van der Waals surface area (Å²) < 4.78 is 0. The number of carbonyl (C=O) groups is 1. The molecule has 1 aromatic heterocycles. The van der Waals surface area contributed by atoms with E-state index in [1.54, 1.807) is 12.3 Å². The molecule has 24 heavy (non-hydrogen) atoms. The normalized spacial score (nSPS) is 11.3. The molecule has 1 heterocycles. The van der Waals surface area contributed by atoms with Crippen LogP contribution in [0.4, 0.5) is 5.69 Å². The Labute approximate surface area is 141 Å². The Balaban J connectivity index is 1.67. The molecule has 4 nitrogen and oxygen atoms in total. The van der Waals surface area contributed by atoms with Gasteiger partial charge in [-0.2, -0.15) is 0 Å². The third-order valence-electron chi connectivity index (χ3n) is 3.72. The second kappa shape index (κ2) is 7.04. The molecule has 0 aliphatic carbocycles. The van der Waals surface area contributed by atoms with Gasteiger partial charge in [0.1, 0.15) is 0 Å². The summed E-state index contributed by atoms with van der Waals surface area (Å²) in [6.07, 6.45) is 4.79. The number of aromatic nitrogens is 2. The molecule has 0 saturated heterocycles. The summed E-state index contributed by atoms with van der Waals surface area (Å²) in [7, 11) is 0. The van der Waals surface area contributed by atoms with E-state index in [9.17, 15) is 4.79 Å². The van der Waals surface area contributed by atoms with Gasteiger partial charge in [-0.25, -0.2) is 4.98 Å². The molecule has 0 aliphatic rings. The molecule has 0 fully saturated rings. The van der Waals surface area contributed by atoms with E-state index in [-0.39, 0.29) is 5.91 Å². The average Bonchev–Trinajstić information content (AvgIpc) is 2.60. The number of benzene rings is 2. The van der Waals surface area contributed by atoms with Gasteiger partial charge < -0.3 is 5.32 Å². The van der Waals surface area contributed by atoms with Gasteiger partial charge in [0.25, 0.3) is 0 Å². The molecule has 0 radical (unpaired) electrons. The molecule has 0 saturated carbocycles. The van der Waals surface area contributed by atoms with Gasteiger partial charge in [-0.3, -0.25) is 9.78 Å². The molecule has 4 heteroatoms. The molecule has 1 N–H and O–H groups in total. The smallest absolute Gasteiger partial charge is 0.248 e. The minimum atomic E-state index is -0.192. The highest BCUT2D eigenvalue weighted by atomic mass is 16.1. The zero-order valence-corrected chi connectivity index (χ0v) is 13.7. The van der Waals surface area contributed by atoms with Crippen LogP contribution < -0.4 is 5.32 Å². The lowest BCUT2D eigenvalue weighted by atomic mass is 10.0. The first-order valence-corrected chi connectivity index (χ1v) is 7.92. The van der Waals surface area contributed by atoms with Crippen LogP contribution in [0.25, 0.3) is 17.1 Å². The van der Waals surface area contributed by atoms with Crippen LogP contribution in [0.5, 0.6) is 0 Å². The molecular formula is C20H19N3O. The lowest BCUT2D eigenvalue weighted by Crippen LogP contribution is -2.07. The maximum atomic E-state index is 12.0. The first-order chi connectivity index (χ1) is 11.6. The van der Waals surface area contributed by atoms with Crippen molar-refractivity contribution in [1.29, 1.82) is 0 Å². The fourth-order valence-corrected chi connectivity index (χ4v) is 2.35. The molecule has 0 bridgehead atoms. The van der Waals surface area contributed by atoms with Crippen molar-refractivity contribution in [2.24, 2.45) is 0 Å². The van der Waals surface area contributed by atoms with Crippen molar-refractivity contribution < 1.29 is 4.79 Å². The van der Waals surface area contributed by atoms with Crippen molar-refractivity contribution in [3.05, 3.63) is 72.1 Å². The predicted molar refractivity (Wildman–Crippen MR) is 97.7 cm³/mol. The molecule has 0 aliphatic heterocycles. The van der Waals surface area contributed by atoms with E-state index < -0.39 is 0 Å². The molecule has 0 spiro atoms. The van der Waals surface area contributed by atoms with Gasteiger partial charge in [0.15, 0.2) is 0 Å². The summed E-state index contributed by atoms with van der Waals surface area (Å²) in [6.45, 7) is 4.28. The van der Waals surface area contributed by atoms with Crippen LogP contribution in [0.15, 0.2) is 60.8 Å². The van der Waals surface area contributed by atoms with Gasteiger partial charge in [0.05, 0.1) is 22.9 Å². The topological polar surface area (TPSA) is 54.9 Å². The quantitative estimate of drug-likeness (QED) is 0.725. The Morgan fingerprint density at radius 2 is 1.75 bits per heavy atom. The summed E-state index contributed by atoms with van der Waals surface area (Å²) in [5.41, 5.74) is 4.32. The van der Waals surface area contributed by atoms with Crippen molar-refractivity contribution in [3.63, 3.8) is 0 Å². The highest BCUT2D eigenvalue weighted by molar-refractivity contribution is 6.01. The third kappa shape index (κ3) is 3.84. The van der Waals surface area contributed by atoms with Gasteiger partial charge in [-0.05, 0) is 41.8 Å². The predicted octanol–water partition coefficient (Wildman–Crippen LogP) is 4.41. The number of fused-ring (bicyclic) bond motifs is 1. The van der Waals surface area contributed by atoms with E-state index in [2.05, 4.69) is 29.1 Å². The first kappa shape index (κ1) is 15.9. The number of nitrogens with one attached hydrogen (secondary N) is 1. The van der Waals surface area contributed by atoms with Gasteiger partial charge in [-0.15, -0.1) is 0 Å². The fraction of sp³-hybridized carbons (Fsp3) is 0.150. The molecule has 3 aromatic rings. The van der Waals surface area contributed by atoms with Crippen molar-refractivity contribution in [1.82, 2.24) is 9.97 Å². The monoisotopic (exact) mass is 317 g/mol. The van der Waals surface area contributed by atoms with Gasteiger partial charge in [0.2, 0.25) is 5.91 Å². The zero-order chi connectivity index (χ0) is 16.9. The molecular weight excluding hydrogens is 298 g/mol. The zero-order valence-electron chi connectivity index (χ0n) is 13.7. The van der Waals surface area contributed by atoms with E-state index in [1.165, 1.54) is 11.6 Å². The van der Waals surface area contributed by atoms with Crippen LogP contribution in [0.3, 0.4) is 0 Å². The van der Waals surface area contributed by atoms with E-state index in [0.717, 1.165) is 16.7 Å². The number of para-hydroxylation sites is 2. The van der Waals surface area contributed by atoms with Gasteiger partial charge in [-0.1, -0.05) is 38.1 Å². The van der Waals surface area contributed by atoms with Gasteiger partial charge in [0, 0.05) is 11.8 Å². The molecule has 0 atom stereocenters. The lowest BCUT2D eigenvalue weighted by molar-refractivity contribution is -0.111. The molecule has 2 aromatic carbocycles. The fourth-order valence-electron chi connectivity index (χ4n) is 2.35. The number of nitrogens with zero attached hydrogens (tertiary/aromatic N) is 2. The summed E-state index contributed by atoms with van der Waals surface area (Å²) in [5.74, 6) is 0.281. The highest BCUT2D eigenvalue weighted by Gasteiger charge is 2.02. The Morgan fingerprint density at radius 1 is 1.04 bits per heavy atom. The van der Waals surface area contributed by atoms with Gasteiger partial charge >= 0.3 is 0 Å². The maximum absolute atomic E-state index is 12.0. The summed E-state index contributed by atoms with van der Waals surface area (Å²) in [6, 6.07) is 15.5. The van der Waals surface area contributed by atoms with Crippen molar-refractivity contribution in [2.75, 3.05) is 5.32 Å². The van der Waals surface area contributed by atoms with Crippen LogP contribution in [-0.2, 0) is 4.79 Å². The standard InChI is InChI=1S/C20H19N3O/c1-14(2)15-7-9-16(10-8-15)23-20(24)12-11-17-13-21-18-5-3-4-6-19(18)22-17/h3-14H,1-2H3,(H,23,24)/b12-11+. The maximum Gasteiger partial charge on any atom is 0.248 e. The van der Waals surface area contributed by atoms with Crippen molar-refractivity contribution in [2.45, 2.75) is 19.8 Å². The molecule has 0 unspecified atom stereocenters. The second-order valence-corrected chi connectivity index (χ2v) is 5.88. The van der Waals surface area contributed by atoms with Crippen LogP contribution in [0.1, 0.15) is 31.0 Å². The summed E-state index contributed by atoms with van der Waals surface area (Å²) >= 11 is 0. The summed E-state index contributed by atoms with van der Waals surface area (Å²) in [4.78, 5) is 20.8. The van der Waals surface area contributed by atoms with Crippen LogP contribution in [0, 0.1) is 0 Å². The van der Waals surface area contributed by atoms with E-state index in [0.29, 0.717) is 11.6 Å². The largest absolute Gasteiger partial charge is 0.323 e. The highest BCUT2D eigenvalue weighted by Crippen LogP contribution is 2.17. The average molecular weight is 317 g/mol. The van der Waals surface area contributed by atoms with Crippen molar-refractivity contribution in [3.8, 4) is 0 Å². The van der Waals surface area contributed by atoms with Crippen LogP contribution >= 0.6 is 0 Å². The number of anilines is 1. The molecule has 120 valence electrons. The summed E-state index contributed by atoms with van der Waals surface area (Å²) in [5, 5.41) is 2.84. The van der Waals surface area contributed by atoms with E-state index in [4.69, 9.17) is 0 Å². The number of amides is 1. The number of hydrogen-bond donors (Lipinski definition) is 1. The second-order valence-electron chi connectivity index (χ2n) is 5.88. The number of hydrogen-bond acceptors (Lipinski definition) is 3. The first-order valence-electron chi connectivity index (χ1n) is 7.92. The number of carbonyl (C=O) groups excluding carboxylic acids is 1. The minimum Gasteiger partial charge on any atom is -0.323 e. The minimum absolute atomic E-state index is 0.192. The van der Waals surface area contributed by atoms with Crippen molar-refractivity contribution >= 4 is 28.7 Å². The molecule has 3 rings (SSSR count). The van der Waals surface area contributed by atoms with E-state index >= 15 is 0 Å². The van der Waals surface area contributed by atoms with E-state index in [1.807, 2.05) is 48.5 Å². The molecule has 1 amide bonds. The Bertz CT molecular complexity index is 883. The van der Waals surface area contributed by atoms with Crippen LogP contribution in [0.2, 0.25) is 0 Å². The Kier molecular flexibility index (Phi) is 4.66. The SMILES string of the molecule is CC(C)c1ccc(NC(=O)/C=C/c2cnc3ccccc3n2)cc1. The van der Waals surface area contributed by atoms with Crippen LogP contribution in [-0.4, -0.2) is 15.9 Å². The third-order valence-corrected chi connectivity index (χ3v) is 3.72.